The molecule has 0 amide bonds. The van der Waals surface area contributed by atoms with Crippen LogP contribution in [0.25, 0.3) is 0 Å². The second kappa shape index (κ2) is 5.48. The van der Waals surface area contributed by atoms with E-state index in [0.29, 0.717) is 0 Å². The van der Waals surface area contributed by atoms with Crippen LogP contribution in [0.1, 0.15) is 30.5 Å². The van der Waals surface area contributed by atoms with Crippen LogP contribution in [-0.2, 0) is 5.41 Å². The third-order valence-corrected chi connectivity index (χ3v) is 4.94. The number of methoxy groups -OCH3 is 1. The Hall–Kier alpha value is -2.16. The second-order valence-corrected chi connectivity index (χ2v) is 6.95. The van der Waals surface area contributed by atoms with Crippen LogP contribution in [0.5, 0.6) is 11.5 Å². The average molecular weight is 311 g/mol. The molecule has 2 aromatic carbocycles. The Balaban J connectivity index is 2.07. The molecule has 0 saturated heterocycles. The molecule has 3 nitrogen and oxygen atoms in total. The van der Waals surface area contributed by atoms with Crippen LogP contribution < -0.4 is 14.4 Å². The first-order valence-corrected chi connectivity index (χ1v) is 8.00. The van der Waals surface area contributed by atoms with Gasteiger partial charge >= 0.3 is 0 Å². The van der Waals surface area contributed by atoms with Gasteiger partial charge in [0.05, 0.1) is 13.7 Å². The summed E-state index contributed by atoms with van der Waals surface area (Å²) in [5, 5.41) is 0. The highest BCUT2D eigenvalue weighted by molar-refractivity contribution is 5.72. The summed E-state index contributed by atoms with van der Waals surface area (Å²) in [4.78, 5) is 2.23. The quantitative estimate of drug-likeness (QED) is 0.816. The van der Waals surface area contributed by atoms with Gasteiger partial charge in [0.2, 0.25) is 0 Å². The number of fused-ring (bicyclic) bond motifs is 1. The van der Waals surface area contributed by atoms with Gasteiger partial charge in [-0.25, -0.2) is 0 Å². The van der Waals surface area contributed by atoms with E-state index < -0.39 is 0 Å². The van der Waals surface area contributed by atoms with E-state index in [0.717, 1.165) is 23.8 Å². The average Bonchev–Trinajstić information content (AvgIpc) is 2.85. The molecule has 0 unspecified atom stereocenters. The van der Waals surface area contributed by atoms with E-state index >= 15 is 0 Å². The van der Waals surface area contributed by atoms with Crippen molar-refractivity contribution in [3.63, 3.8) is 0 Å². The van der Waals surface area contributed by atoms with E-state index in [1.807, 2.05) is 12.1 Å². The highest BCUT2D eigenvalue weighted by Crippen LogP contribution is 2.45. The Morgan fingerprint density at radius 2 is 1.74 bits per heavy atom. The molecule has 23 heavy (non-hydrogen) atoms. The van der Waals surface area contributed by atoms with Crippen LogP contribution in [0.15, 0.2) is 30.3 Å². The van der Waals surface area contributed by atoms with Gasteiger partial charge in [0, 0.05) is 29.4 Å². The van der Waals surface area contributed by atoms with Crippen LogP contribution >= 0.6 is 0 Å². The van der Waals surface area contributed by atoms with Crippen molar-refractivity contribution >= 4 is 11.4 Å². The Morgan fingerprint density at radius 1 is 1.09 bits per heavy atom. The zero-order valence-electron chi connectivity index (χ0n) is 14.9. The van der Waals surface area contributed by atoms with Crippen molar-refractivity contribution in [1.29, 1.82) is 0 Å². The van der Waals surface area contributed by atoms with Crippen LogP contribution in [0.3, 0.4) is 0 Å². The Labute approximate surface area is 138 Å². The van der Waals surface area contributed by atoms with Crippen molar-refractivity contribution in [2.75, 3.05) is 25.7 Å². The first-order valence-electron chi connectivity index (χ1n) is 8.00. The van der Waals surface area contributed by atoms with Gasteiger partial charge in [-0.3, -0.25) is 0 Å². The largest absolute Gasteiger partial charge is 0.497 e. The third kappa shape index (κ3) is 2.54. The molecule has 0 saturated carbocycles. The molecule has 1 aliphatic heterocycles. The summed E-state index contributed by atoms with van der Waals surface area (Å²) >= 11 is 0. The third-order valence-electron chi connectivity index (χ3n) is 4.94. The monoisotopic (exact) mass is 311 g/mol. The van der Waals surface area contributed by atoms with Crippen molar-refractivity contribution in [2.45, 2.75) is 33.1 Å². The van der Waals surface area contributed by atoms with Crippen molar-refractivity contribution < 1.29 is 9.47 Å². The van der Waals surface area contributed by atoms with Gasteiger partial charge in [-0.05, 0) is 55.3 Å². The molecule has 0 bridgehead atoms. The highest BCUT2D eigenvalue weighted by atomic mass is 16.5. The number of hydrogen-bond donors (Lipinski definition) is 0. The fraction of sp³-hybridized carbons (Fsp3) is 0.400. The fourth-order valence-electron chi connectivity index (χ4n) is 3.19. The number of nitrogens with zero attached hydrogens (tertiary/aromatic N) is 1. The topological polar surface area (TPSA) is 21.7 Å². The summed E-state index contributed by atoms with van der Waals surface area (Å²) in [7, 11) is 3.80. The maximum Gasteiger partial charge on any atom is 0.126 e. The zero-order chi connectivity index (χ0) is 16.8. The lowest BCUT2D eigenvalue weighted by Gasteiger charge is -2.25. The first-order chi connectivity index (χ1) is 10.8. The molecular formula is C20H25NO2. The lowest BCUT2D eigenvalue weighted by molar-refractivity contribution is 0.290. The molecule has 122 valence electrons. The minimum Gasteiger partial charge on any atom is -0.497 e. The Kier molecular flexibility index (Phi) is 3.75. The van der Waals surface area contributed by atoms with Gasteiger partial charge in [-0.1, -0.05) is 13.8 Å². The molecule has 0 fully saturated rings. The van der Waals surface area contributed by atoms with Gasteiger partial charge in [-0.2, -0.15) is 0 Å². The van der Waals surface area contributed by atoms with E-state index in [9.17, 15) is 0 Å². The molecule has 3 heteroatoms. The fourth-order valence-corrected chi connectivity index (χ4v) is 3.19. The molecule has 1 aliphatic rings. The van der Waals surface area contributed by atoms with Crippen molar-refractivity contribution in [3.8, 4) is 11.5 Å². The molecule has 0 spiro atoms. The van der Waals surface area contributed by atoms with Gasteiger partial charge < -0.3 is 14.4 Å². The second-order valence-electron chi connectivity index (χ2n) is 6.95. The molecule has 0 aliphatic carbocycles. The lowest BCUT2D eigenvalue weighted by Crippen LogP contribution is -2.19. The number of ether oxygens (including phenoxy) is 2. The van der Waals surface area contributed by atoms with Gasteiger partial charge in [-0.15, -0.1) is 0 Å². The molecular weight excluding hydrogens is 286 g/mol. The maximum atomic E-state index is 5.96. The van der Waals surface area contributed by atoms with Crippen molar-refractivity contribution in [3.05, 3.63) is 47.0 Å². The normalized spacial score (nSPS) is 15.0. The summed E-state index contributed by atoms with van der Waals surface area (Å²) in [6, 6.07) is 10.4. The molecule has 3 rings (SSSR count). The molecule has 1 heterocycles. The summed E-state index contributed by atoms with van der Waals surface area (Å²) in [6.45, 7) is 9.55. The van der Waals surface area contributed by atoms with Crippen LogP contribution in [-0.4, -0.2) is 20.8 Å². The summed E-state index contributed by atoms with van der Waals surface area (Å²) in [5.74, 6) is 1.94. The molecule has 0 radical (unpaired) electrons. The van der Waals surface area contributed by atoms with E-state index in [1.54, 1.807) is 7.11 Å². The SMILES string of the molecule is COc1ccc(N(C)c2cc3c(c(C)c2C)OCC3(C)C)cc1. The van der Waals surface area contributed by atoms with Gasteiger partial charge in [0.15, 0.2) is 0 Å². The molecule has 0 aromatic heterocycles. The summed E-state index contributed by atoms with van der Waals surface area (Å²) in [5.41, 5.74) is 6.23. The van der Waals surface area contributed by atoms with E-state index in [1.165, 1.54) is 22.4 Å². The van der Waals surface area contributed by atoms with Crippen molar-refractivity contribution in [1.82, 2.24) is 0 Å². The minimum absolute atomic E-state index is 0.0588. The highest BCUT2D eigenvalue weighted by Gasteiger charge is 2.34. The number of rotatable bonds is 3. The number of hydrogen-bond acceptors (Lipinski definition) is 3. The predicted octanol–water partition coefficient (Wildman–Crippen LogP) is 4.75. The first kappa shape index (κ1) is 15.7. The lowest BCUT2D eigenvalue weighted by atomic mass is 9.84. The molecule has 0 N–H and O–H groups in total. The van der Waals surface area contributed by atoms with Crippen LogP contribution in [0, 0.1) is 13.8 Å². The van der Waals surface area contributed by atoms with Crippen LogP contribution in [0.4, 0.5) is 11.4 Å². The summed E-state index contributed by atoms with van der Waals surface area (Å²) in [6.07, 6.45) is 0. The number of benzene rings is 2. The van der Waals surface area contributed by atoms with Gasteiger partial charge in [0.1, 0.15) is 11.5 Å². The van der Waals surface area contributed by atoms with E-state index in [4.69, 9.17) is 9.47 Å². The predicted molar refractivity (Wildman–Crippen MR) is 95.5 cm³/mol. The minimum atomic E-state index is 0.0588. The van der Waals surface area contributed by atoms with E-state index in [-0.39, 0.29) is 5.41 Å². The molecule has 0 atom stereocenters. The van der Waals surface area contributed by atoms with E-state index in [2.05, 4.69) is 57.8 Å². The smallest absolute Gasteiger partial charge is 0.126 e. The zero-order valence-corrected chi connectivity index (χ0v) is 14.9. The number of anilines is 2. The van der Waals surface area contributed by atoms with Crippen molar-refractivity contribution in [2.24, 2.45) is 0 Å². The van der Waals surface area contributed by atoms with Gasteiger partial charge in [0.25, 0.3) is 0 Å². The molecule has 2 aromatic rings. The Morgan fingerprint density at radius 3 is 2.35 bits per heavy atom. The summed E-state index contributed by atoms with van der Waals surface area (Å²) < 4.78 is 11.2. The standard InChI is InChI=1S/C20H25NO2/c1-13-14(2)19-17(20(3,4)12-23-19)11-18(13)21(5)15-7-9-16(22-6)10-8-15/h7-11H,12H2,1-6H3. The maximum absolute atomic E-state index is 5.96. The van der Waals surface area contributed by atoms with Crippen LogP contribution in [0.2, 0.25) is 0 Å². The Bertz CT molecular complexity index is 732.